The van der Waals surface area contributed by atoms with Crippen molar-refractivity contribution in [1.29, 1.82) is 0 Å². The first-order valence-corrected chi connectivity index (χ1v) is 7.55. The third-order valence-corrected chi connectivity index (χ3v) is 4.49. The molecule has 2 aliphatic rings. The Hall–Kier alpha value is -1.42. The number of piperidine rings is 1. The molecule has 1 aromatic carbocycles. The second-order valence-corrected chi connectivity index (χ2v) is 5.86. The van der Waals surface area contributed by atoms with Gasteiger partial charge in [-0.15, -0.1) is 0 Å². The van der Waals surface area contributed by atoms with E-state index in [-0.39, 0.29) is 17.5 Å². The Bertz CT molecular complexity index is 493. The van der Waals surface area contributed by atoms with Crippen LogP contribution >= 0.6 is 0 Å². The number of hydrogen-bond donors (Lipinski definition) is 2. The SMILES string of the molecule is O=C(NC1CCC1)c1cc(C2CCNCC2)ccc1F. The summed E-state index contributed by atoms with van der Waals surface area (Å²) in [6.45, 7) is 1.98. The van der Waals surface area contributed by atoms with Crippen LogP contribution in [0.25, 0.3) is 0 Å². The zero-order valence-electron chi connectivity index (χ0n) is 11.6. The summed E-state index contributed by atoms with van der Waals surface area (Å²) in [4.78, 5) is 12.1. The number of carbonyl (C=O) groups is 1. The molecule has 0 unspecified atom stereocenters. The van der Waals surface area contributed by atoms with E-state index in [0.717, 1.165) is 50.8 Å². The van der Waals surface area contributed by atoms with E-state index in [9.17, 15) is 9.18 Å². The van der Waals surface area contributed by atoms with Crippen molar-refractivity contribution in [1.82, 2.24) is 10.6 Å². The molecule has 1 aromatic rings. The Morgan fingerprint density at radius 3 is 2.60 bits per heavy atom. The van der Waals surface area contributed by atoms with Crippen LogP contribution in [-0.2, 0) is 0 Å². The molecule has 3 rings (SSSR count). The van der Waals surface area contributed by atoms with Crippen LogP contribution in [0, 0.1) is 5.82 Å². The van der Waals surface area contributed by atoms with Crippen LogP contribution in [0.4, 0.5) is 4.39 Å². The van der Waals surface area contributed by atoms with E-state index >= 15 is 0 Å². The van der Waals surface area contributed by atoms with Crippen molar-refractivity contribution in [3.05, 3.63) is 35.1 Å². The van der Waals surface area contributed by atoms with Gasteiger partial charge in [0.1, 0.15) is 5.82 Å². The van der Waals surface area contributed by atoms with Crippen LogP contribution < -0.4 is 10.6 Å². The average Bonchev–Trinajstić information content (AvgIpc) is 2.44. The highest BCUT2D eigenvalue weighted by molar-refractivity contribution is 5.94. The fourth-order valence-electron chi connectivity index (χ4n) is 2.94. The molecule has 2 N–H and O–H groups in total. The maximum Gasteiger partial charge on any atom is 0.254 e. The van der Waals surface area contributed by atoms with Crippen LogP contribution in [0.3, 0.4) is 0 Å². The lowest BCUT2D eigenvalue weighted by atomic mass is 9.89. The van der Waals surface area contributed by atoms with E-state index in [1.807, 2.05) is 6.07 Å². The monoisotopic (exact) mass is 276 g/mol. The molecule has 20 heavy (non-hydrogen) atoms. The molecule has 0 spiro atoms. The predicted octanol–water partition coefficient (Wildman–Crippen LogP) is 2.58. The van der Waals surface area contributed by atoms with Crippen molar-refractivity contribution < 1.29 is 9.18 Å². The first-order chi connectivity index (χ1) is 9.74. The Labute approximate surface area is 118 Å². The number of halogens is 1. The van der Waals surface area contributed by atoms with E-state index in [4.69, 9.17) is 0 Å². The van der Waals surface area contributed by atoms with Crippen LogP contribution in [-0.4, -0.2) is 25.0 Å². The number of nitrogens with one attached hydrogen (secondary N) is 2. The number of rotatable bonds is 3. The molecule has 0 aromatic heterocycles. The van der Waals surface area contributed by atoms with E-state index in [1.165, 1.54) is 6.07 Å². The summed E-state index contributed by atoms with van der Waals surface area (Å²) < 4.78 is 13.9. The minimum Gasteiger partial charge on any atom is -0.349 e. The van der Waals surface area contributed by atoms with Crippen LogP contribution in [0.2, 0.25) is 0 Å². The highest BCUT2D eigenvalue weighted by Crippen LogP contribution is 2.27. The number of hydrogen-bond acceptors (Lipinski definition) is 2. The van der Waals surface area contributed by atoms with Crippen LogP contribution in [0.5, 0.6) is 0 Å². The fourth-order valence-corrected chi connectivity index (χ4v) is 2.94. The van der Waals surface area contributed by atoms with Crippen LogP contribution in [0.1, 0.15) is 53.9 Å². The number of amides is 1. The van der Waals surface area contributed by atoms with Gasteiger partial charge in [0, 0.05) is 6.04 Å². The number of benzene rings is 1. The molecule has 4 heteroatoms. The molecule has 2 fully saturated rings. The molecule has 1 aliphatic heterocycles. The largest absolute Gasteiger partial charge is 0.349 e. The zero-order valence-corrected chi connectivity index (χ0v) is 11.6. The first kappa shape index (κ1) is 13.6. The molecule has 1 heterocycles. The molecule has 1 amide bonds. The second kappa shape index (κ2) is 5.92. The Morgan fingerprint density at radius 1 is 1.20 bits per heavy atom. The van der Waals surface area contributed by atoms with Gasteiger partial charge in [-0.05, 0) is 68.8 Å². The average molecular weight is 276 g/mol. The quantitative estimate of drug-likeness (QED) is 0.891. The van der Waals surface area contributed by atoms with Crippen molar-refractivity contribution in [2.45, 2.75) is 44.1 Å². The summed E-state index contributed by atoms with van der Waals surface area (Å²) in [6, 6.07) is 5.25. The maximum absolute atomic E-state index is 13.9. The lowest BCUT2D eigenvalue weighted by Gasteiger charge is -2.27. The lowest BCUT2D eigenvalue weighted by Crippen LogP contribution is -2.39. The summed E-state index contributed by atoms with van der Waals surface area (Å²) >= 11 is 0. The van der Waals surface area contributed by atoms with Gasteiger partial charge in [-0.1, -0.05) is 6.07 Å². The van der Waals surface area contributed by atoms with Gasteiger partial charge in [0.25, 0.3) is 5.91 Å². The third-order valence-electron chi connectivity index (χ3n) is 4.49. The van der Waals surface area contributed by atoms with Gasteiger partial charge in [0.05, 0.1) is 5.56 Å². The van der Waals surface area contributed by atoms with Crippen molar-refractivity contribution in [2.24, 2.45) is 0 Å². The van der Waals surface area contributed by atoms with E-state index in [2.05, 4.69) is 10.6 Å². The zero-order chi connectivity index (χ0) is 13.9. The smallest absolute Gasteiger partial charge is 0.254 e. The summed E-state index contributed by atoms with van der Waals surface area (Å²) in [5, 5.41) is 6.23. The Balaban J connectivity index is 1.76. The van der Waals surface area contributed by atoms with E-state index in [1.54, 1.807) is 6.07 Å². The lowest BCUT2D eigenvalue weighted by molar-refractivity contribution is 0.0912. The van der Waals surface area contributed by atoms with Gasteiger partial charge in [-0.3, -0.25) is 4.79 Å². The van der Waals surface area contributed by atoms with Gasteiger partial charge in [0.15, 0.2) is 0 Å². The number of carbonyl (C=O) groups excluding carboxylic acids is 1. The molecule has 1 aliphatic carbocycles. The minimum absolute atomic E-state index is 0.202. The Kier molecular flexibility index (Phi) is 4.01. The molecule has 0 bridgehead atoms. The highest BCUT2D eigenvalue weighted by Gasteiger charge is 2.23. The molecule has 1 saturated carbocycles. The third kappa shape index (κ3) is 2.85. The predicted molar refractivity (Wildman–Crippen MR) is 76.3 cm³/mol. The molecule has 3 nitrogen and oxygen atoms in total. The van der Waals surface area contributed by atoms with Gasteiger partial charge < -0.3 is 10.6 Å². The van der Waals surface area contributed by atoms with Crippen molar-refractivity contribution in [2.75, 3.05) is 13.1 Å². The van der Waals surface area contributed by atoms with Crippen molar-refractivity contribution in [3.8, 4) is 0 Å². The van der Waals surface area contributed by atoms with Gasteiger partial charge in [-0.25, -0.2) is 4.39 Å². The molecule has 1 saturated heterocycles. The van der Waals surface area contributed by atoms with Crippen molar-refractivity contribution >= 4 is 5.91 Å². The first-order valence-electron chi connectivity index (χ1n) is 7.55. The van der Waals surface area contributed by atoms with E-state index in [0.29, 0.717) is 5.92 Å². The summed E-state index contributed by atoms with van der Waals surface area (Å²) in [6.07, 6.45) is 5.29. The summed E-state index contributed by atoms with van der Waals surface area (Å²) in [5.41, 5.74) is 1.29. The Morgan fingerprint density at radius 2 is 1.95 bits per heavy atom. The molecule has 108 valence electrons. The van der Waals surface area contributed by atoms with Gasteiger partial charge in [0.2, 0.25) is 0 Å². The summed E-state index contributed by atoms with van der Waals surface area (Å²) in [5.74, 6) is -0.241. The molecular formula is C16H21FN2O. The van der Waals surface area contributed by atoms with Gasteiger partial charge in [-0.2, -0.15) is 0 Å². The van der Waals surface area contributed by atoms with Crippen LogP contribution in [0.15, 0.2) is 18.2 Å². The maximum atomic E-state index is 13.9. The molecule has 0 radical (unpaired) electrons. The summed E-state index contributed by atoms with van der Waals surface area (Å²) in [7, 11) is 0. The fraction of sp³-hybridized carbons (Fsp3) is 0.562. The molecular weight excluding hydrogens is 255 g/mol. The standard InChI is InChI=1S/C16H21FN2O/c17-15-5-4-12(11-6-8-18-9-7-11)10-14(15)16(20)19-13-2-1-3-13/h4-5,10-11,13,18H,1-3,6-9H2,(H,19,20). The molecule has 0 atom stereocenters. The second-order valence-electron chi connectivity index (χ2n) is 5.86. The normalized spacial score (nSPS) is 20.4. The minimum atomic E-state index is -0.417. The van der Waals surface area contributed by atoms with Crippen molar-refractivity contribution in [3.63, 3.8) is 0 Å². The topological polar surface area (TPSA) is 41.1 Å². The van der Waals surface area contributed by atoms with Gasteiger partial charge >= 0.3 is 0 Å². The highest BCUT2D eigenvalue weighted by atomic mass is 19.1. The van der Waals surface area contributed by atoms with E-state index < -0.39 is 5.82 Å².